The normalized spacial score (nSPS) is 11.6. The van der Waals surface area contributed by atoms with E-state index in [9.17, 15) is 27.6 Å². The Morgan fingerprint density at radius 1 is 1.20 bits per heavy atom. The number of nitrogens with two attached hydrogens (primary N) is 1. The average Bonchev–Trinajstić information content (AvgIpc) is 3.13. The molecule has 0 atom stereocenters. The average molecular weight is 510 g/mol. The number of carboxylic acids is 1. The third-order valence-electron chi connectivity index (χ3n) is 5.18. The van der Waals surface area contributed by atoms with Crippen molar-refractivity contribution in [3.05, 3.63) is 46.6 Å². The standard InChI is InChI=1S/C22H21F3N4O5S/c1-3-13-15(17(32)18(26)33)16-19(27-21(35-2)28-20(16)34-10-14(30)31)29(13)9-8-11-6-4-5-7-12(11)22(23,24)25/h4-7H,3,8-10H2,1-2H3,(H2,26,33)(H,30,31). The fourth-order valence-corrected chi connectivity index (χ4v) is 4.13. The highest BCUT2D eigenvalue weighted by Crippen LogP contribution is 2.36. The predicted molar refractivity (Wildman–Crippen MR) is 120 cm³/mol. The molecule has 13 heteroatoms. The van der Waals surface area contributed by atoms with E-state index in [1.807, 2.05) is 0 Å². The van der Waals surface area contributed by atoms with E-state index >= 15 is 0 Å². The largest absolute Gasteiger partial charge is 0.479 e. The number of fused-ring (bicyclic) bond motifs is 1. The first kappa shape index (κ1) is 26.0. The van der Waals surface area contributed by atoms with Gasteiger partial charge in [0.15, 0.2) is 11.8 Å². The van der Waals surface area contributed by atoms with Gasteiger partial charge in [-0.15, -0.1) is 0 Å². The van der Waals surface area contributed by atoms with Crippen molar-refractivity contribution >= 4 is 40.5 Å². The molecule has 2 heterocycles. The molecule has 35 heavy (non-hydrogen) atoms. The summed E-state index contributed by atoms with van der Waals surface area (Å²) in [6.45, 7) is 0.880. The molecule has 0 saturated heterocycles. The summed E-state index contributed by atoms with van der Waals surface area (Å²) < 4.78 is 47.3. The lowest BCUT2D eigenvalue weighted by Gasteiger charge is -2.15. The Bertz CT molecular complexity index is 1310. The summed E-state index contributed by atoms with van der Waals surface area (Å²) in [5.41, 5.74) is 4.75. The minimum Gasteiger partial charge on any atom is -0.479 e. The van der Waals surface area contributed by atoms with Crippen molar-refractivity contribution in [1.29, 1.82) is 0 Å². The maximum absolute atomic E-state index is 13.5. The molecule has 3 rings (SSSR count). The van der Waals surface area contributed by atoms with Crippen molar-refractivity contribution < 1.29 is 37.4 Å². The summed E-state index contributed by atoms with van der Waals surface area (Å²) in [5, 5.41) is 9.19. The van der Waals surface area contributed by atoms with Gasteiger partial charge in [-0.05, 0) is 30.7 Å². The highest BCUT2D eigenvalue weighted by atomic mass is 32.2. The van der Waals surface area contributed by atoms with Crippen molar-refractivity contribution in [1.82, 2.24) is 14.5 Å². The van der Waals surface area contributed by atoms with Crippen LogP contribution in [0, 0.1) is 0 Å². The number of carbonyl (C=O) groups is 3. The van der Waals surface area contributed by atoms with Crippen LogP contribution in [0.5, 0.6) is 5.88 Å². The first-order chi connectivity index (χ1) is 16.5. The number of nitrogens with zero attached hydrogens (tertiary/aromatic N) is 3. The van der Waals surface area contributed by atoms with E-state index in [2.05, 4.69) is 9.97 Å². The summed E-state index contributed by atoms with van der Waals surface area (Å²) in [4.78, 5) is 44.2. The molecular formula is C22H21F3N4O5S. The van der Waals surface area contributed by atoms with E-state index in [4.69, 9.17) is 15.6 Å². The number of aryl methyl sites for hydroxylation is 2. The molecular weight excluding hydrogens is 489 g/mol. The van der Waals surface area contributed by atoms with Crippen molar-refractivity contribution in [2.75, 3.05) is 12.9 Å². The second-order valence-electron chi connectivity index (χ2n) is 7.32. The molecule has 0 bridgehead atoms. The topological polar surface area (TPSA) is 137 Å². The summed E-state index contributed by atoms with van der Waals surface area (Å²) >= 11 is 1.11. The van der Waals surface area contributed by atoms with Crippen LogP contribution in [0.15, 0.2) is 29.4 Å². The van der Waals surface area contributed by atoms with Gasteiger partial charge < -0.3 is 20.1 Å². The van der Waals surface area contributed by atoms with Gasteiger partial charge in [-0.25, -0.2) is 9.78 Å². The van der Waals surface area contributed by atoms with Crippen LogP contribution in [0.4, 0.5) is 13.2 Å². The number of thioether (sulfide) groups is 1. The number of halogens is 3. The second-order valence-corrected chi connectivity index (χ2v) is 8.10. The molecule has 186 valence electrons. The third kappa shape index (κ3) is 5.39. The van der Waals surface area contributed by atoms with Crippen LogP contribution < -0.4 is 10.5 Å². The number of primary amides is 1. The molecule has 0 aliphatic carbocycles. The first-order valence-electron chi connectivity index (χ1n) is 10.3. The molecule has 2 aromatic heterocycles. The zero-order valence-electron chi connectivity index (χ0n) is 18.7. The van der Waals surface area contributed by atoms with Crippen LogP contribution in [0.1, 0.15) is 34.1 Å². The minimum absolute atomic E-state index is 0.0196. The number of alkyl halides is 3. The molecule has 0 aliphatic rings. The van der Waals surface area contributed by atoms with Gasteiger partial charge in [-0.2, -0.15) is 18.2 Å². The molecule has 0 saturated carbocycles. The molecule has 1 aromatic carbocycles. The molecule has 0 fully saturated rings. The number of carboxylic acid groups (broad SMARTS) is 1. The van der Waals surface area contributed by atoms with Crippen LogP contribution in [0.2, 0.25) is 0 Å². The first-order valence-corrected chi connectivity index (χ1v) is 11.5. The second kappa shape index (κ2) is 10.3. The predicted octanol–water partition coefficient (Wildman–Crippen LogP) is 3.11. The van der Waals surface area contributed by atoms with Crippen molar-refractivity contribution in [2.24, 2.45) is 5.73 Å². The summed E-state index contributed by atoms with van der Waals surface area (Å²) in [6.07, 6.45) is -2.77. The number of carbonyl (C=O) groups excluding carboxylic acids is 2. The maximum Gasteiger partial charge on any atom is 0.416 e. The molecule has 0 unspecified atom stereocenters. The van der Waals surface area contributed by atoms with Gasteiger partial charge in [0.2, 0.25) is 5.88 Å². The van der Waals surface area contributed by atoms with Gasteiger partial charge in [0.05, 0.1) is 16.5 Å². The Morgan fingerprint density at radius 2 is 1.89 bits per heavy atom. The summed E-state index contributed by atoms with van der Waals surface area (Å²) in [7, 11) is 0. The Labute approximate surface area is 201 Å². The van der Waals surface area contributed by atoms with Crippen LogP contribution in [0.25, 0.3) is 11.0 Å². The number of ketones is 1. The number of aliphatic carboxylic acids is 1. The zero-order chi connectivity index (χ0) is 25.9. The number of rotatable bonds is 10. The fraction of sp³-hybridized carbons (Fsp3) is 0.318. The fourth-order valence-electron chi connectivity index (χ4n) is 3.78. The minimum atomic E-state index is -4.55. The Balaban J connectivity index is 2.25. The molecule has 3 aromatic rings. The monoisotopic (exact) mass is 510 g/mol. The Morgan fingerprint density at radius 3 is 2.46 bits per heavy atom. The van der Waals surface area contributed by atoms with E-state index in [0.29, 0.717) is 5.69 Å². The zero-order valence-corrected chi connectivity index (χ0v) is 19.5. The highest BCUT2D eigenvalue weighted by molar-refractivity contribution is 7.98. The molecule has 0 spiro atoms. The smallest absolute Gasteiger partial charge is 0.416 e. The van der Waals surface area contributed by atoms with Crippen LogP contribution >= 0.6 is 11.8 Å². The van der Waals surface area contributed by atoms with Gasteiger partial charge in [-0.3, -0.25) is 9.59 Å². The van der Waals surface area contributed by atoms with Crippen molar-refractivity contribution in [3.8, 4) is 5.88 Å². The number of ether oxygens (including phenoxy) is 1. The Hall–Kier alpha value is -3.61. The van der Waals surface area contributed by atoms with E-state index < -0.39 is 36.0 Å². The number of amides is 1. The lowest BCUT2D eigenvalue weighted by atomic mass is 10.0. The van der Waals surface area contributed by atoms with Gasteiger partial charge in [-0.1, -0.05) is 36.9 Å². The van der Waals surface area contributed by atoms with Crippen LogP contribution in [-0.2, 0) is 35.2 Å². The van der Waals surface area contributed by atoms with Crippen molar-refractivity contribution in [2.45, 2.75) is 37.6 Å². The maximum atomic E-state index is 13.5. The highest BCUT2D eigenvalue weighted by Gasteiger charge is 2.33. The third-order valence-corrected chi connectivity index (χ3v) is 5.73. The van der Waals surface area contributed by atoms with Gasteiger partial charge in [0.25, 0.3) is 11.7 Å². The van der Waals surface area contributed by atoms with Gasteiger partial charge in [0.1, 0.15) is 5.65 Å². The number of hydrogen-bond donors (Lipinski definition) is 2. The quantitative estimate of drug-likeness (QED) is 0.184. The molecule has 3 N–H and O–H groups in total. The van der Waals surface area contributed by atoms with Gasteiger partial charge in [0, 0.05) is 12.2 Å². The molecule has 9 nitrogen and oxygen atoms in total. The van der Waals surface area contributed by atoms with Crippen LogP contribution in [0.3, 0.4) is 0 Å². The van der Waals surface area contributed by atoms with E-state index in [1.54, 1.807) is 13.2 Å². The summed E-state index contributed by atoms with van der Waals surface area (Å²) in [5.74, 6) is -3.87. The van der Waals surface area contributed by atoms with E-state index in [1.165, 1.54) is 22.8 Å². The number of hydrogen-bond acceptors (Lipinski definition) is 7. The molecule has 0 aliphatic heterocycles. The van der Waals surface area contributed by atoms with Crippen molar-refractivity contribution in [3.63, 3.8) is 0 Å². The SMILES string of the molecule is CCc1c(C(=O)C(N)=O)c2c(OCC(=O)O)nc(SC)nc2n1CCc1ccccc1C(F)(F)F. The summed E-state index contributed by atoms with van der Waals surface area (Å²) in [6, 6.07) is 5.13. The van der Waals surface area contributed by atoms with E-state index in [-0.39, 0.29) is 52.6 Å². The molecule has 1 amide bonds. The Kier molecular flexibility index (Phi) is 7.68. The van der Waals surface area contributed by atoms with E-state index in [0.717, 1.165) is 17.8 Å². The number of aromatic nitrogens is 3. The number of Topliss-reactive ketones (excluding diaryl/α,β-unsaturated/α-hetero) is 1. The van der Waals surface area contributed by atoms with Crippen LogP contribution in [-0.4, -0.2) is 50.2 Å². The van der Waals surface area contributed by atoms with Gasteiger partial charge >= 0.3 is 12.1 Å². The number of benzene rings is 1. The lowest BCUT2D eigenvalue weighted by Crippen LogP contribution is -2.24. The lowest BCUT2D eigenvalue weighted by molar-refractivity contribution is -0.139. The molecule has 0 radical (unpaired) electrons.